The van der Waals surface area contributed by atoms with Crippen LogP contribution in [0.4, 0.5) is 0 Å². The maximum absolute atomic E-state index is 5.63. The molecule has 76 valence electrons. The lowest BCUT2D eigenvalue weighted by Gasteiger charge is -2.30. The molecule has 0 aromatic carbocycles. The van der Waals surface area contributed by atoms with E-state index in [2.05, 4.69) is 11.8 Å². The van der Waals surface area contributed by atoms with Gasteiger partial charge in [-0.05, 0) is 56.7 Å². The highest BCUT2D eigenvalue weighted by Crippen LogP contribution is 2.38. The van der Waals surface area contributed by atoms with Gasteiger partial charge in [0.1, 0.15) is 0 Å². The van der Waals surface area contributed by atoms with E-state index in [4.69, 9.17) is 5.73 Å². The number of nitrogens with two attached hydrogens (primary N) is 1. The molecule has 2 N–H and O–H groups in total. The molecular formula is C11H22N2. The third-order valence-electron chi connectivity index (χ3n) is 3.74. The molecule has 0 spiro atoms. The number of hydrogen-bond acceptors (Lipinski definition) is 2. The molecule has 13 heavy (non-hydrogen) atoms. The van der Waals surface area contributed by atoms with Gasteiger partial charge in [0.15, 0.2) is 0 Å². The Labute approximate surface area is 81.5 Å². The summed E-state index contributed by atoms with van der Waals surface area (Å²) >= 11 is 0. The first-order chi connectivity index (χ1) is 6.29. The van der Waals surface area contributed by atoms with Crippen molar-refractivity contribution in [1.29, 1.82) is 0 Å². The van der Waals surface area contributed by atoms with Gasteiger partial charge in [-0.25, -0.2) is 0 Å². The Morgan fingerprint density at radius 2 is 1.92 bits per heavy atom. The van der Waals surface area contributed by atoms with E-state index in [-0.39, 0.29) is 0 Å². The second-order valence-electron chi connectivity index (χ2n) is 4.97. The molecule has 0 unspecified atom stereocenters. The second kappa shape index (κ2) is 3.97. The summed E-state index contributed by atoms with van der Waals surface area (Å²) in [7, 11) is 0. The lowest BCUT2D eigenvalue weighted by atomic mass is 9.99. The van der Waals surface area contributed by atoms with E-state index in [1.54, 1.807) is 0 Å². The van der Waals surface area contributed by atoms with Crippen LogP contribution in [-0.2, 0) is 0 Å². The summed E-state index contributed by atoms with van der Waals surface area (Å²) in [5.41, 5.74) is 5.63. The minimum absolute atomic E-state index is 0.861. The van der Waals surface area contributed by atoms with Crippen LogP contribution in [0.25, 0.3) is 0 Å². The minimum atomic E-state index is 0.861. The van der Waals surface area contributed by atoms with Crippen LogP contribution in [0.5, 0.6) is 0 Å². The Bertz CT molecular complexity index is 161. The predicted octanol–water partition coefficient (Wildman–Crippen LogP) is 1.31. The van der Waals surface area contributed by atoms with E-state index in [0.717, 1.165) is 24.3 Å². The molecule has 0 amide bonds. The van der Waals surface area contributed by atoms with Gasteiger partial charge in [0, 0.05) is 6.54 Å². The number of rotatable bonds is 3. The Morgan fingerprint density at radius 3 is 2.46 bits per heavy atom. The van der Waals surface area contributed by atoms with E-state index in [1.807, 2.05) is 0 Å². The molecule has 1 saturated heterocycles. The Kier molecular flexibility index (Phi) is 2.89. The van der Waals surface area contributed by atoms with E-state index in [0.29, 0.717) is 0 Å². The van der Waals surface area contributed by atoms with Crippen molar-refractivity contribution >= 4 is 0 Å². The molecule has 1 heterocycles. The van der Waals surface area contributed by atoms with Crippen LogP contribution in [0.2, 0.25) is 0 Å². The van der Waals surface area contributed by atoms with Crippen molar-refractivity contribution in [2.75, 3.05) is 26.2 Å². The van der Waals surface area contributed by atoms with E-state index in [1.165, 1.54) is 38.9 Å². The lowest BCUT2D eigenvalue weighted by Crippen LogP contribution is -2.34. The van der Waals surface area contributed by atoms with Crippen molar-refractivity contribution in [3.63, 3.8) is 0 Å². The van der Waals surface area contributed by atoms with Crippen molar-refractivity contribution in [2.45, 2.75) is 26.2 Å². The molecule has 2 atom stereocenters. The number of nitrogens with zero attached hydrogens (tertiary/aromatic N) is 1. The molecule has 1 aliphatic heterocycles. The first-order valence-electron chi connectivity index (χ1n) is 5.72. The van der Waals surface area contributed by atoms with Crippen molar-refractivity contribution in [3.8, 4) is 0 Å². The SMILES string of the molecule is CC1CCN(C[C@@H]2C[C@H]2CN)CC1. The van der Waals surface area contributed by atoms with Gasteiger partial charge in [-0.15, -0.1) is 0 Å². The van der Waals surface area contributed by atoms with Gasteiger partial charge < -0.3 is 10.6 Å². The van der Waals surface area contributed by atoms with E-state index < -0.39 is 0 Å². The molecule has 2 aliphatic rings. The maximum Gasteiger partial charge on any atom is 0.00129 e. The molecule has 2 nitrogen and oxygen atoms in total. The van der Waals surface area contributed by atoms with Crippen molar-refractivity contribution in [2.24, 2.45) is 23.5 Å². The van der Waals surface area contributed by atoms with Crippen LogP contribution in [0.15, 0.2) is 0 Å². The molecule has 0 bridgehead atoms. The van der Waals surface area contributed by atoms with Crippen LogP contribution >= 0.6 is 0 Å². The molecule has 1 aliphatic carbocycles. The monoisotopic (exact) mass is 182 g/mol. The topological polar surface area (TPSA) is 29.3 Å². The average Bonchev–Trinajstić information content (AvgIpc) is 2.88. The van der Waals surface area contributed by atoms with Gasteiger partial charge in [0.25, 0.3) is 0 Å². The summed E-state index contributed by atoms with van der Waals surface area (Å²) in [4.78, 5) is 2.64. The van der Waals surface area contributed by atoms with Crippen LogP contribution in [-0.4, -0.2) is 31.1 Å². The summed E-state index contributed by atoms with van der Waals surface area (Å²) < 4.78 is 0. The Hall–Kier alpha value is -0.0800. The van der Waals surface area contributed by atoms with Crippen molar-refractivity contribution in [1.82, 2.24) is 4.90 Å². The summed E-state index contributed by atoms with van der Waals surface area (Å²) in [6, 6.07) is 0. The molecular weight excluding hydrogens is 160 g/mol. The standard InChI is InChI=1S/C11H22N2/c1-9-2-4-13(5-3-9)8-11-6-10(11)7-12/h9-11H,2-8,12H2,1H3/t10-,11-/m0/s1. The highest BCUT2D eigenvalue weighted by Gasteiger charge is 2.36. The normalized spacial score (nSPS) is 36.5. The average molecular weight is 182 g/mol. The van der Waals surface area contributed by atoms with Crippen LogP contribution < -0.4 is 5.73 Å². The van der Waals surface area contributed by atoms with Gasteiger partial charge in [-0.1, -0.05) is 6.92 Å². The summed E-state index contributed by atoms with van der Waals surface area (Å²) in [5, 5.41) is 0. The summed E-state index contributed by atoms with van der Waals surface area (Å²) in [5.74, 6) is 2.76. The van der Waals surface area contributed by atoms with Crippen LogP contribution in [0.1, 0.15) is 26.2 Å². The van der Waals surface area contributed by atoms with Crippen molar-refractivity contribution < 1.29 is 0 Å². The van der Waals surface area contributed by atoms with Crippen LogP contribution in [0.3, 0.4) is 0 Å². The molecule has 1 saturated carbocycles. The summed E-state index contributed by atoms with van der Waals surface area (Å²) in [6.07, 6.45) is 4.20. The molecule has 2 fully saturated rings. The predicted molar refractivity (Wildman–Crippen MR) is 55.5 cm³/mol. The van der Waals surface area contributed by atoms with Gasteiger partial charge >= 0.3 is 0 Å². The Morgan fingerprint density at radius 1 is 1.23 bits per heavy atom. The maximum atomic E-state index is 5.63. The molecule has 0 aromatic heterocycles. The van der Waals surface area contributed by atoms with Crippen LogP contribution in [0, 0.1) is 17.8 Å². The first kappa shape index (κ1) is 9.47. The quantitative estimate of drug-likeness (QED) is 0.713. The number of hydrogen-bond donors (Lipinski definition) is 1. The van der Waals surface area contributed by atoms with E-state index in [9.17, 15) is 0 Å². The first-order valence-corrected chi connectivity index (χ1v) is 5.72. The zero-order valence-electron chi connectivity index (χ0n) is 8.71. The third kappa shape index (κ3) is 2.44. The van der Waals surface area contributed by atoms with Gasteiger partial charge in [-0.2, -0.15) is 0 Å². The fourth-order valence-electron chi connectivity index (χ4n) is 2.40. The zero-order valence-corrected chi connectivity index (χ0v) is 8.71. The molecule has 0 radical (unpaired) electrons. The fourth-order valence-corrected chi connectivity index (χ4v) is 2.40. The smallest absolute Gasteiger partial charge is 0.00129 e. The lowest BCUT2D eigenvalue weighted by molar-refractivity contribution is 0.183. The fraction of sp³-hybridized carbons (Fsp3) is 1.00. The van der Waals surface area contributed by atoms with Gasteiger partial charge in [0.05, 0.1) is 0 Å². The number of piperidine rings is 1. The third-order valence-corrected chi connectivity index (χ3v) is 3.74. The largest absolute Gasteiger partial charge is 0.330 e. The minimum Gasteiger partial charge on any atom is -0.330 e. The van der Waals surface area contributed by atoms with E-state index >= 15 is 0 Å². The zero-order chi connectivity index (χ0) is 9.26. The molecule has 0 aromatic rings. The van der Waals surface area contributed by atoms with Gasteiger partial charge in [0.2, 0.25) is 0 Å². The van der Waals surface area contributed by atoms with Gasteiger partial charge in [-0.3, -0.25) is 0 Å². The van der Waals surface area contributed by atoms with Crippen molar-refractivity contribution in [3.05, 3.63) is 0 Å². The highest BCUT2D eigenvalue weighted by molar-refractivity contribution is 4.89. The highest BCUT2D eigenvalue weighted by atomic mass is 15.1. The molecule has 2 heteroatoms. The molecule has 2 rings (SSSR count). The Balaban J connectivity index is 1.66. The second-order valence-corrected chi connectivity index (χ2v) is 4.97. The summed E-state index contributed by atoms with van der Waals surface area (Å²) in [6.45, 7) is 7.27. The number of likely N-dealkylation sites (tertiary alicyclic amines) is 1.